The number of carbonyl (C=O) groups excluding carboxylic acids is 3. The molecule has 20 heavy (non-hydrogen) atoms. The fourth-order valence-corrected chi connectivity index (χ4v) is 2.50. The Bertz CT molecular complexity index is 467. The van der Waals surface area contributed by atoms with Gasteiger partial charge in [-0.2, -0.15) is 0 Å². The van der Waals surface area contributed by atoms with Crippen molar-refractivity contribution in [3.05, 3.63) is 23.3 Å². The van der Waals surface area contributed by atoms with Gasteiger partial charge in [0.25, 0.3) is 0 Å². The lowest BCUT2D eigenvalue weighted by Gasteiger charge is -2.24. The van der Waals surface area contributed by atoms with E-state index in [2.05, 4.69) is 4.74 Å². The fraction of sp³-hybridized carbons (Fsp3) is 0.562. The number of esters is 1. The van der Waals surface area contributed by atoms with Crippen LogP contribution in [0.2, 0.25) is 0 Å². The van der Waals surface area contributed by atoms with Crippen LogP contribution in [-0.2, 0) is 19.1 Å². The molecule has 0 amide bonds. The quantitative estimate of drug-likeness (QED) is 0.573. The molecule has 0 spiro atoms. The van der Waals surface area contributed by atoms with E-state index in [0.29, 0.717) is 24.8 Å². The van der Waals surface area contributed by atoms with Gasteiger partial charge in [-0.15, -0.1) is 0 Å². The number of ether oxygens (including phenoxy) is 1. The summed E-state index contributed by atoms with van der Waals surface area (Å²) in [6, 6.07) is 0. The van der Waals surface area contributed by atoms with Crippen molar-refractivity contribution >= 4 is 17.5 Å². The first-order valence-corrected chi connectivity index (χ1v) is 6.85. The zero-order valence-corrected chi connectivity index (χ0v) is 12.6. The molecule has 0 unspecified atom stereocenters. The average molecular weight is 278 g/mol. The molecule has 2 atom stereocenters. The molecule has 1 aliphatic rings. The summed E-state index contributed by atoms with van der Waals surface area (Å²) in [5.74, 6) is -0.661. The number of carbonyl (C=O) groups is 3. The molecule has 1 rings (SSSR count). The van der Waals surface area contributed by atoms with Crippen molar-refractivity contribution < 1.29 is 19.1 Å². The molecule has 4 nitrogen and oxygen atoms in total. The van der Waals surface area contributed by atoms with Gasteiger partial charge in [0, 0.05) is 17.9 Å². The molecule has 4 heteroatoms. The Morgan fingerprint density at radius 3 is 2.60 bits per heavy atom. The second kappa shape index (κ2) is 7.17. The van der Waals surface area contributed by atoms with Crippen LogP contribution in [0, 0.1) is 11.8 Å². The molecule has 1 aliphatic carbocycles. The van der Waals surface area contributed by atoms with Crippen LogP contribution >= 0.6 is 0 Å². The van der Waals surface area contributed by atoms with Crippen molar-refractivity contribution in [2.75, 3.05) is 7.11 Å². The maximum Gasteiger partial charge on any atom is 0.333 e. The molecule has 0 saturated carbocycles. The van der Waals surface area contributed by atoms with E-state index in [1.165, 1.54) is 13.2 Å². The highest BCUT2D eigenvalue weighted by Crippen LogP contribution is 2.29. The van der Waals surface area contributed by atoms with Gasteiger partial charge in [-0.05, 0) is 44.8 Å². The monoisotopic (exact) mass is 278 g/mol. The topological polar surface area (TPSA) is 60.4 Å². The van der Waals surface area contributed by atoms with E-state index in [0.717, 1.165) is 5.57 Å². The summed E-state index contributed by atoms with van der Waals surface area (Å²) < 4.78 is 4.62. The number of methoxy groups -OCH3 is 1. The van der Waals surface area contributed by atoms with Crippen molar-refractivity contribution in [2.45, 2.75) is 40.0 Å². The van der Waals surface area contributed by atoms with Crippen LogP contribution in [0.4, 0.5) is 0 Å². The van der Waals surface area contributed by atoms with E-state index in [1.54, 1.807) is 6.08 Å². The number of allylic oxidation sites excluding steroid dienone is 3. The second-order valence-corrected chi connectivity index (χ2v) is 5.58. The van der Waals surface area contributed by atoms with Crippen LogP contribution in [0.1, 0.15) is 40.0 Å². The summed E-state index contributed by atoms with van der Waals surface area (Å²) in [5.41, 5.74) is 1.39. The van der Waals surface area contributed by atoms with Crippen LogP contribution in [0.25, 0.3) is 0 Å². The molecule has 0 N–H and O–H groups in total. The van der Waals surface area contributed by atoms with E-state index in [-0.39, 0.29) is 23.4 Å². The Morgan fingerprint density at radius 1 is 1.45 bits per heavy atom. The summed E-state index contributed by atoms with van der Waals surface area (Å²) in [7, 11) is 1.31. The van der Waals surface area contributed by atoms with Crippen molar-refractivity contribution in [1.29, 1.82) is 0 Å². The van der Waals surface area contributed by atoms with E-state index < -0.39 is 5.97 Å². The zero-order chi connectivity index (χ0) is 15.3. The minimum Gasteiger partial charge on any atom is -0.466 e. The number of ketones is 2. The molecule has 0 heterocycles. The molecular formula is C16H22O4. The van der Waals surface area contributed by atoms with Crippen LogP contribution in [0.15, 0.2) is 23.3 Å². The highest BCUT2D eigenvalue weighted by molar-refractivity contribution is 6.02. The second-order valence-electron chi connectivity index (χ2n) is 5.58. The zero-order valence-electron chi connectivity index (χ0n) is 12.6. The molecule has 0 aromatic heterocycles. The predicted octanol–water partition coefficient (Wildman–Crippen LogP) is 2.63. The predicted molar refractivity (Wildman–Crippen MR) is 76.0 cm³/mol. The van der Waals surface area contributed by atoms with Gasteiger partial charge in [0.05, 0.1) is 7.11 Å². The normalized spacial score (nSPS) is 19.9. The Hall–Kier alpha value is -1.71. The summed E-state index contributed by atoms with van der Waals surface area (Å²) in [5, 5.41) is 0. The maximum absolute atomic E-state index is 12.1. The third kappa shape index (κ3) is 4.44. The molecule has 0 radical (unpaired) electrons. The fourth-order valence-electron chi connectivity index (χ4n) is 2.50. The third-order valence-corrected chi connectivity index (χ3v) is 3.51. The van der Waals surface area contributed by atoms with Gasteiger partial charge in [-0.25, -0.2) is 4.79 Å². The third-order valence-electron chi connectivity index (χ3n) is 3.51. The molecule has 0 fully saturated rings. The average Bonchev–Trinajstić information content (AvgIpc) is 2.36. The standard InChI is InChI=1S/C16H22O4/c1-10(2)7-13(17)8-11(3)14-6-5-12(9-15(14)18)16(19)20-4/h7,9,11,14H,5-6,8H2,1-4H3/t11-,14-/m0/s1. The van der Waals surface area contributed by atoms with Gasteiger partial charge >= 0.3 is 5.97 Å². The van der Waals surface area contributed by atoms with Gasteiger partial charge in [0.15, 0.2) is 11.6 Å². The van der Waals surface area contributed by atoms with Gasteiger partial charge in [0.1, 0.15) is 0 Å². The minimum atomic E-state index is -0.440. The summed E-state index contributed by atoms with van der Waals surface area (Å²) >= 11 is 0. The van der Waals surface area contributed by atoms with Crippen LogP contribution in [0.5, 0.6) is 0 Å². The van der Waals surface area contributed by atoms with E-state index in [4.69, 9.17) is 0 Å². The molecule has 0 aromatic rings. The molecule has 0 bridgehead atoms. The number of rotatable bonds is 5. The van der Waals surface area contributed by atoms with Crippen molar-refractivity contribution in [1.82, 2.24) is 0 Å². The number of hydrogen-bond donors (Lipinski definition) is 0. The van der Waals surface area contributed by atoms with Crippen LogP contribution in [0.3, 0.4) is 0 Å². The molecule has 0 aromatic carbocycles. The lowest BCUT2D eigenvalue weighted by Crippen LogP contribution is -2.27. The molecule has 0 aliphatic heterocycles. The lowest BCUT2D eigenvalue weighted by molar-refractivity contribution is -0.137. The Labute approximate surface area is 119 Å². The Balaban J connectivity index is 2.68. The summed E-state index contributed by atoms with van der Waals surface area (Å²) in [6.45, 7) is 5.66. The van der Waals surface area contributed by atoms with Crippen LogP contribution < -0.4 is 0 Å². The summed E-state index contributed by atoms with van der Waals surface area (Å²) in [6.07, 6.45) is 4.48. The van der Waals surface area contributed by atoms with E-state index in [1.807, 2.05) is 20.8 Å². The minimum absolute atomic E-state index is 0.0129. The molecule has 110 valence electrons. The largest absolute Gasteiger partial charge is 0.466 e. The van der Waals surface area contributed by atoms with E-state index in [9.17, 15) is 14.4 Å². The van der Waals surface area contributed by atoms with Crippen molar-refractivity contribution in [3.8, 4) is 0 Å². The molecule has 0 saturated heterocycles. The van der Waals surface area contributed by atoms with E-state index >= 15 is 0 Å². The Morgan fingerprint density at radius 2 is 2.10 bits per heavy atom. The maximum atomic E-state index is 12.1. The summed E-state index contributed by atoms with van der Waals surface area (Å²) in [4.78, 5) is 35.2. The van der Waals surface area contributed by atoms with Crippen molar-refractivity contribution in [3.63, 3.8) is 0 Å². The first-order valence-electron chi connectivity index (χ1n) is 6.85. The number of hydrogen-bond acceptors (Lipinski definition) is 4. The van der Waals surface area contributed by atoms with Gasteiger partial charge in [-0.3, -0.25) is 9.59 Å². The molecular weight excluding hydrogens is 256 g/mol. The van der Waals surface area contributed by atoms with Gasteiger partial charge in [0.2, 0.25) is 0 Å². The lowest BCUT2D eigenvalue weighted by atomic mass is 9.78. The Kier molecular flexibility index (Phi) is 5.86. The van der Waals surface area contributed by atoms with Crippen molar-refractivity contribution in [2.24, 2.45) is 11.8 Å². The highest BCUT2D eigenvalue weighted by atomic mass is 16.5. The van der Waals surface area contributed by atoms with Gasteiger partial charge < -0.3 is 4.74 Å². The van der Waals surface area contributed by atoms with Gasteiger partial charge in [-0.1, -0.05) is 12.5 Å². The van der Waals surface area contributed by atoms with Crippen LogP contribution in [-0.4, -0.2) is 24.6 Å². The highest BCUT2D eigenvalue weighted by Gasteiger charge is 2.30. The first-order chi connectivity index (χ1) is 9.35. The SMILES string of the molecule is COC(=O)C1=CC(=O)[C@H]([C@@H](C)CC(=O)C=C(C)C)CC1. The first kappa shape index (κ1) is 16.3. The smallest absolute Gasteiger partial charge is 0.333 e.